The number of guanidine groups is 1. The van der Waals surface area contributed by atoms with Gasteiger partial charge in [-0.05, 0) is 53.7 Å². The summed E-state index contributed by atoms with van der Waals surface area (Å²) in [5.41, 5.74) is 2.57. The SMILES string of the molecule is O=C(O)CCCC[C@]1(N2CCN=C2Nc2ccc3nccnc3c2Br)CCSS1. The number of aliphatic carboxylic acids is 1. The van der Waals surface area contributed by atoms with Crippen LogP contribution in [0.5, 0.6) is 0 Å². The fourth-order valence-electron chi connectivity index (χ4n) is 3.72. The van der Waals surface area contributed by atoms with E-state index in [2.05, 4.69) is 36.1 Å². The van der Waals surface area contributed by atoms with Gasteiger partial charge in [-0.25, -0.2) is 0 Å². The maximum absolute atomic E-state index is 10.8. The lowest BCUT2D eigenvalue weighted by Crippen LogP contribution is -2.49. The summed E-state index contributed by atoms with van der Waals surface area (Å²) in [5.74, 6) is 1.26. The molecule has 10 heteroatoms. The number of carboxylic acids is 1. The Morgan fingerprint density at radius 2 is 2.17 bits per heavy atom. The van der Waals surface area contributed by atoms with Crippen LogP contribution < -0.4 is 5.32 Å². The van der Waals surface area contributed by atoms with Gasteiger partial charge in [-0.1, -0.05) is 21.6 Å². The molecule has 0 saturated carbocycles. The number of rotatable bonds is 7. The molecule has 1 saturated heterocycles. The topological polar surface area (TPSA) is 90.7 Å². The summed E-state index contributed by atoms with van der Waals surface area (Å²) >= 11 is 3.67. The summed E-state index contributed by atoms with van der Waals surface area (Å²) in [7, 11) is 3.80. The largest absolute Gasteiger partial charge is 0.481 e. The van der Waals surface area contributed by atoms with Gasteiger partial charge >= 0.3 is 5.97 Å². The number of benzene rings is 1. The third kappa shape index (κ3) is 4.49. The van der Waals surface area contributed by atoms with Crippen LogP contribution in [0.4, 0.5) is 5.69 Å². The Bertz CT molecular complexity index is 936. The van der Waals surface area contributed by atoms with Crippen LogP contribution in [-0.2, 0) is 4.79 Å². The van der Waals surface area contributed by atoms with E-state index in [0.29, 0.717) is 6.42 Å². The van der Waals surface area contributed by atoms with Crippen molar-refractivity contribution >= 4 is 66.2 Å². The molecule has 2 aliphatic heterocycles. The third-order valence-electron chi connectivity index (χ3n) is 5.16. The minimum atomic E-state index is -0.721. The maximum atomic E-state index is 10.8. The molecule has 1 aromatic heterocycles. The van der Waals surface area contributed by atoms with E-state index >= 15 is 0 Å². The van der Waals surface area contributed by atoms with Crippen molar-refractivity contribution in [3.05, 3.63) is 29.0 Å². The molecule has 0 bridgehead atoms. The van der Waals surface area contributed by atoms with Crippen LogP contribution in [0.15, 0.2) is 34.0 Å². The second-order valence-corrected chi connectivity index (χ2v) is 10.6. The Morgan fingerprint density at radius 3 is 2.97 bits per heavy atom. The van der Waals surface area contributed by atoms with E-state index in [1.165, 1.54) is 0 Å². The minimum Gasteiger partial charge on any atom is -0.481 e. The van der Waals surface area contributed by atoms with Gasteiger partial charge in [-0.15, -0.1) is 0 Å². The van der Waals surface area contributed by atoms with Crippen molar-refractivity contribution in [2.24, 2.45) is 4.99 Å². The van der Waals surface area contributed by atoms with Gasteiger partial charge in [0, 0.05) is 31.1 Å². The normalized spacial score (nSPS) is 21.6. The average molecular weight is 496 g/mol. The molecule has 0 amide bonds. The third-order valence-corrected chi connectivity index (χ3v) is 9.17. The molecule has 2 N–H and O–H groups in total. The highest BCUT2D eigenvalue weighted by atomic mass is 79.9. The van der Waals surface area contributed by atoms with E-state index in [-0.39, 0.29) is 11.3 Å². The summed E-state index contributed by atoms with van der Waals surface area (Å²) in [6.07, 6.45) is 7.26. The summed E-state index contributed by atoms with van der Waals surface area (Å²) in [6, 6.07) is 3.95. The number of aliphatic imine (C=N–C) groups is 1. The maximum Gasteiger partial charge on any atom is 0.303 e. The zero-order chi connectivity index (χ0) is 20.3. The second-order valence-electron chi connectivity index (χ2n) is 7.04. The predicted octanol–water partition coefficient (Wildman–Crippen LogP) is 4.60. The van der Waals surface area contributed by atoms with E-state index < -0.39 is 5.97 Å². The van der Waals surface area contributed by atoms with Crippen molar-refractivity contribution in [2.75, 3.05) is 24.2 Å². The van der Waals surface area contributed by atoms with Gasteiger partial charge in [0.05, 0.1) is 27.1 Å². The van der Waals surface area contributed by atoms with Crippen molar-refractivity contribution in [2.45, 2.75) is 37.0 Å². The number of anilines is 1. The molecule has 2 aromatic rings. The van der Waals surface area contributed by atoms with E-state index in [4.69, 9.17) is 10.1 Å². The average Bonchev–Trinajstić information content (AvgIpc) is 3.38. The van der Waals surface area contributed by atoms with Crippen LogP contribution in [0, 0.1) is 0 Å². The van der Waals surface area contributed by atoms with Crippen molar-refractivity contribution < 1.29 is 9.90 Å². The Morgan fingerprint density at radius 1 is 1.31 bits per heavy atom. The van der Waals surface area contributed by atoms with E-state index in [1.807, 2.05) is 33.7 Å². The highest BCUT2D eigenvalue weighted by Crippen LogP contribution is 2.52. The lowest BCUT2D eigenvalue weighted by molar-refractivity contribution is -0.137. The number of carbonyl (C=O) groups is 1. The Hall–Kier alpha value is -1.52. The van der Waals surface area contributed by atoms with Crippen LogP contribution in [0.1, 0.15) is 32.1 Å². The lowest BCUT2D eigenvalue weighted by Gasteiger charge is -2.39. The first-order chi connectivity index (χ1) is 14.1. The van der Waals surface area contributed by atoms with Crippen LogP contribution >= 0.6 is 37.5 Å². The molecule has 1 aromatic carbocycles. The van der Waals surface area contributed by atoms with E-state index in [1.54, 1.807) is 12.4 Å². The fraction of sp³-hybridized carbons (Fsp3) is 0.474. The van der Waals surface area contributed by atoms with Gasteiger partial charge in [0.25, 0.3) is 0 Å². The van der Waals surface area contributed by atoms with Gasteiger partial charge in [-0.2, -0.15) is 0 Å². The summed E-state index contributed by atoms with van der Waals surface area (Å²) in [4.78, 5) is 26.7. The summed E-state index contributed by atoms with van der Waals surface area (Å²) in [5, 5.41) is 12.4. The van der Waals surface area contributed by atoms with Gasteiger partial charge < -0.3 is 15.3 Å². The number of hydrogen-bond acceptors (Lipinski definition) is 8. The Balaban J connectivity index is 1.52. The number of nitrogens with zero attached hydrogens (tertiary/aromatic N) is 4. The molecule has 0 radical (unpaired) electrons. The van der Waals surface area contributed by atoms with Crippen LogP contribution in [0.3, 0.4) is 0 Å². The minimum absolute atomic E-state index is 0.0331. The first-order valence-electron chi connectivity index (χ1n) is 9.60. The number of aromatic nitrogens is 2. The second kappa shape index (κ2) is 9.09. The molecule has 4 rings (SSSR count). The van der Waals surface area contributed by atoms with Gasteiger partial charge in [0.15, 0.2) is 5.96 Å². The lowest BCUT2D eigenvalue weighted by atomic mass is 10.0. The zero-order valence-corrected chi connectivity index (χ0v) is 19.0. The molecule has 2 aliphatic rings. The van der Waals surface area contributed by atoms with Crippen molar-refractivity contribution in [1.29, 1.82) is 0 Å². The first-order valence-corrected chi connectivity index (χ1v) is 12.7. The number of fused-ring (bicyclic) bond motifs is 1. The quantitative estimate of drug-likeness (QED) is 0.425. The smallest absolute Gasteiger partial charge is 0.303 e. The molecule has 1 atom stereocenters. The van der Waals surface area contributed by atoms with E-state index in [0.717, 1.165) is 65.3 Å². The van der Waals surface area contributed by atoms with Crippen molar-refractivity contribution in [3.63, 3.8) is 0 Å². The van der Waals surface area contributed by atoms with Gasteiger partial charge in [0.2, 0.25) is 0 Å². The molecule has 0 aliphatic carbocycles. The summed E-state index contributed by atoms with van der Waals surface area (Å²) in [6.45, 7) is 1.63. The van der Waals surface area contributed by atoms with Crippen LogP contribution in [-0.4, -0.2) is 55.6 Å². The molecular formula is C19H22BrN5O2S2. The monoisotopic (exact) mass is 495 g/mol. The number of unbranched alkanes of at least 4 members (excludes halogenated alkanes) is 1. The van der Waals surface area contributed by atoms with Crippen molar-refractivity contribution in [1.82, 2.24) is 14.9 Å². The molecule has 0 spiro atoms. The molecule has 29 heavy (non-hydrogen) atoms. The highest BCUT2D eigenvalue weighted by Gasteiger charge is 2.43. The zero-order valence-electron chi connectivity index (χ0n) is 15.8. The predicted molar refractivity (Wildman–Crippen MR) is 123 cm³/mol. The number of halogens is 1. The van der Waals surface area contributed by atoms with Crippen LogP contribution in [0.25, 0.3) is 11.0 Å². The van der Waals surface area contributed by atoms with Crippen LogP contribution in [0.2, 0.25) is 0 Å². The first kappa shape index (κ1) is 20.7. The summed E-state index contributed by atoms with van der Waals surface area (Å²) < 4.78 is 0.876. The Kier molecular flexibility index (Phi) is 6.50. The Labute approximate surface area is 185 Å². The number of nitrogens with one attached hydrogen (secondary N) is 1. The van der Waals surface area contributed by atoms with Gasteiger partial charge in [-0.3, -0.25) is 19.8 Å². The molecule has 7 nitrogen and oxygen atoms in total. The van der Waals surface area contributed by atoms with Gasteiger partial charge in [0.1, 0.15) is 5.52 Å². The molecule has 1 fully saturated rings. The highest BCUT2D eigenvalue weighted by molar-refractivity contribution is 9.10. The molecule has 3 heterocycles. The standard InChI is InChI=1S/C19H22BrN5O2S2/c20-16-13(4-5-14-17(16)22-9-8-21-14)24-18-23-10-11-25(18)19(7-12-28-29-19)6-2-1-3-15(26)27/h4-5,8-9H,1-3,6-7,10-12H2,(H,23,24)(H,26,27)/t19-/m1/s1. The van der Waals surface area contributed by atoms with Crippen molar-refractivity contribution in [3.8, 4) is 0 Å². The molecular weight excluding hydrogens is 474 g/mol. The number of hydrogen-bond donors (Lipinski definition) is 2. The van der Waals surface area contributed by atoms with E-state index in [9.17, 15) is 4.79 Å². The molecule has 154 valence electrons. The molecule has 0 unspecified atom stereocenters. The fourth-order valence-corrected chi connectivity index (χ4v) is 7.72. The number of carboxylic acid groups (broad SMARTS) is 1.